The average molecular weight is 353 g/mol. The van der Waals surface area contributed by atoms with Crippen molar-refractivity contribution in [2.24, 2.45) is 0 Å². The zero-order valence-corrected chi connectivity index (χ0v) is 15.9. The molecule has 5 nitrogen and oxygen atoms in total. The van der Waals surface area contributed by atoms with Gasteiger partial charge in [-0.2, -0.15) is 0 Å². The zero-order valence-electron chi connectivity index (χ0n) is 15.1. The molecule has 0 saturated carbocycles. The Morgan fingerprint density at radius 1 is 1.21 bits per heavy atom. The second-order valence-corrected chi connectivity index (χ2v) is 8.28. The molecule has 6 heteroatoms. The van der Waals surface area contributed by atoms with Crippen LogP contribution < -0.4 is 0 Å². The topological polar surface area (TPSA) is 63.7 Å². The molecule has 1 amide bonds. The highest BCUT2D eigenvalue weighted by molar-refractivity contribution is 7.83. The summed E-state index contributed by atoms with van der Waals surface area (Å²) >= 11 is 0. The summed E-state index contributed by atoms with van der Waals surface area (Å²) in [6.45, 7) is 6.04. The third-order valence-electron chi connectivity index (χ3n) is 3.18. The summed E-state index contributed by atoms with van der Waals surface area (Å²) in [5, 5.41) is 0. The number of hydrogen-bond acceptors (Lipinski definition) is 4. The predicted molar refractivity (Wildman–Crippen MR) is 96.4 cm³/mol. The number of Topliss-reactive ketones (excluding diaryl/α,β-unsaturated/α-hetero) is 1. The van der Waals surface area contributed by atoms with Gasteiger partial charge in [0.2, 0.25) is 0 Å². The maximum atomic E-state index is 12.3. The van der Waals surface area contributed by atoms with E-state index in [-0.39, 0.29) is 5.78 Å². The quantitative estimate of drug-likeness (QED) is 0.777. The van der Waals surface area contributed by atoms with Crippen molar-refractivity contribution >= 4 is 22.7 Å². The lowest BCUT2D eigenvalue weighted by atomic mass is 9.94. The fraction of sp³-hybridized carbons (Fsp3) is 0.556. The van der Waals surface area contributed by atoms with E-state index < -0.39 is 28.5 Å². The van der Waals surface area contributed by atoms with E-state index >= 15 is 0 Å². The summed E-state index contributed by atoms with van der Waals surface area (Å²) in [6, 6.07) is 8.90. The largest absolute Gasteiger partial charge is 0.444 e. The van der Waals surface area contributed by atoms with Crippen molar-refractivity contribution in [3.63, 3.8) is 0 Å². The van der Waals surface area contributed by atoms with Crippen LogP contribution in [-0.2, 0) is 20.3 Å². The second-order valence-electron chi connectivity index (χ2n) is 6.80. The van der Waals surface area contributed by atoms with Crippen LogP contribution in [0, 0.1) is 0 Å². The van der Waals surface area contributed by atoms with Gasteiger partial charge in [-0.3, -0.25) is 13.9 Å². The Morgan fingerprint density at radius 2 is 1.75 bits per heavy atom. The average Bonchev–Trinajstić information content (AvgIpc) is 2.45. The van der Waals surface area contributed by atoms with Crippen molar-refractivity contribution in [1.29, 1.82) is 0 Å². The van der Waals surface area contributed by atoms with Crippen LogP contribution in [0.15, 0.2) is 30.3 Å². The van der Waals surface area contributed by atoms with Gasteiger partial charge in [-0.25, -0.2) is 4.79 Å². The summed E-state index contributed by atoms with van der Waals surface area (Å²) in [7, 11) is -0.611. The maximum Gasteiger partial charge on any atom is 0.411 e. The van der Waals surface area contributed by atoms with Gasteiger partial charge in [0.25, 0.3) is 0 Å². The molecule has 1 aliphatic heterocycles. The van der Waals surface area contributed by atoms with Crippen molar-refractivity contribution in [3.05, 3.63) is 35.9 Å². The lowest BCUT2D eigenvalue weighted by Gasteiger charge is -2.36. The number of piperidine rings is 1. The molecule has 0 spiro atoms. The van der Waals surface area contributed by atoms with Gasteiger partial charge < -0.3 is 4.74 Å². The van der Waals surface area contributed by atoms with Crippen molar-refractivity contribution in [2.45, 2.75) is 45.3 Å². The number of amides is 1. The molecule has 1 aromatic rings. The molecule has 0 aromatic heterocycles. The molecule has 1 aliphatic rings. The molecule has 0 radical (unpaired) electrons. The minimum Gasteiger partial charge on any atom is -0.444 e. The van der Waals surface area contributed by atoms with Crippen LogP contribution in [0.2, 0.25) is 0 Å². The molecule has 1 atom stereocenters. The normalized spacial score (nSPS) is 18.0. The Balaban J connectivity index is 0.000000648. The lowest BCUT2D eigenvalue weighted by Crippen LogP contribution is -2.45. The highest BCUT2D eigenvalue weighted by Gasteiger charge is 2.36. The number of carbonyl (C=O) groups excluding carboxylic acids is 2. The van der Waals surface area contributed by atoms with Crippen LogP contribution in [0.25, 0.3) is 0 Å². The van der Waals surface area contributed by atoms with E-state index in [1.54, 1.807) is 17.4 Å². The minimum atomic E-state index is -0.611. The fourth-order valence-electron chi connectivity index (χ4n) is 2.38. The molecular weight excluding hydrogens is 326 g/mol. The first kappa shape index (κ1) is 20.4. The van der Waals surface area contributed by atoms with Gasteiger partial charge >= 0.3 is 6.09 Å². The number of hydrogen-bond donors (Lipinski definition) is 0. The van der Waals surface area contributed by atoms with E-state index in [4.69, 9.17) is 4.74 Å². The van der Waals surface area contributed by atoms with Crippen molar-refractivity contribution in [2.75, 3.05) is 19.1 Å². The summed E-state index contributed by atoms with van der Waals surface area (Å²) in [6.07, 6.45) is 4.07. The first-order valence-corrected chi connectivity index (χ1v) is 9.91. The first-order chi connectivity index (χ1) is 11.1. The Hall–Kier alpha value is -1.69. The van der Waals surface area contributed by atoms with Gasteiger partial charge in [0, 0.05) is 36.3 Å². The second kappa shape index (κ2) is 8.97. The van der Waals surface area contributed by atoms with Crippen LogP contribution in [0.3, 0.4) is 0 Å². The van der Waals surface area contributed by atoms with Crippen LogP contribution in [0.4, 0.5) is 4.79 Å². The summed E-state index contributed by atoms with van der Waals surface area (Å²) in [4.78, 5) is 26.1. The summed E-state index contributed by atoms with van der Waals surface area (Å²) in [5.74, 6) is 0.0771. The smallest absolute Gasteiger partial charge is 0.411 e. The lowest BCUT2D eigenvalue weighted by molar-refractivity contribution is -0.127. The molecular formula is C18H27NO4S. The predicted octanol–water partition coefficient (Wildman–Crippen LogP) is 3.32. The molecule has 24 heavy (non-hydrogen) atoms. The molecule has 2 rings (SSSR count). The van der Waals surface area contributed by atoms with Crippen LogP contribution >= 0.6 is 0 Å². The SMILES string of the molecule is CC(C)(C)OC(=O)N1CCCC(=O)[C@@H]1c1ccccc1.CS(C)=O. The third kappa shape index (κ3) is 6.83. The number of carbonyl (C=O) groups is 2. The van der Waals surface area contributed by atoms with E-state index in [1.165, 1.54) is 0 Å². The molecule has 1 saturated heterocycles. The highest BCUT2D eigenvalue weighted by atomic mass is 32.2. The summed E-state index contributed by atoms with van der Waals surface area (Å²) < 4.78 is 15.0. The standard InChI is InChI=1S/C16H21NO3.C2H6OS/c1-16(2,3)20-15(19)17-11-7-10-13(18)14(17)12-8-5-4-6-9-12;1-4(2)3/h4-6,8-9,14H,7,10-11H2,1-3H3;1-2H3/t14-;/m0./s1. The van der Waals surface area contributed by atoms with Crippen LogP contribution in [-0.4, -0.2) is 45.6 Å². The monoisotopic (exact) mass is 353 g/mol. The van der Waals surface area contributed by atoms with Crippen molar-refractivity contribution < 1.29 is 18.5 Å². The Bertz CT molecular complexity index is 576. The fourth-order valence-corrected chi connectivity index (χ4v) is 2.38. The van der Waals surface area contributed by atoms with Crippen molar-refractivity contribution in [3.8, 4) is 0 Å². The number of rotatable bonds is 1. The van der Waals surface area contributed by atoms with Gasteiger partial charge in [-0.05, 0) is 32.8 Å². The number of nitrogens with zero attached hydrogens (tertiary/aromatic N) is 1. The van der Waals surface area contributed by atoms with Gasteiger partial charge in [0.15, 0.2) is 5.78 Å². The third-order valence-corrected chi connectivity index (χ3v) is 3.18. The van der Waals surface area contributed by atoms with Gasteiger partial charge in [0.1, 0.15) is 11.6 Å². The first-order valence-electron chi connectivity index (χ1n) is 7.94. The molecule has 0 bridgehead atoms. The molecule has 1 fully saturated rings. The molecule has 0 N–H and O–H groups in total. The van der Waals surface area contributed by atoms with E-state index in [2.05, 4.69) is 0 Å². The van der Waals surface area contributed by atoms with E-state index in [0.717, 1.165) is 5.56 Å². The molecule has 1 heterocycles. The summed E-state index contributed by atoms with van der Waals surface area (Å²) in [5.41, 5.74) is 0.293. The van der Waals surface area contributed by atoms with Crippen molar-refractivity contribution in [1.82, 2.24) is 4.90 Å². The zero-order chi connectivity index (χ0) is 18.3. The molecule has 0 aliphatic carbocycles. The Kier molecular flexibility index (Phi) is 7.60. The van der Waals surface area contributed by atoms with Crippen LogP contribution in [0.5, 0.6) is 0 Å². The maximum absolute atomic E-state index is 12.3. The van der Waals surface area contributed by atoms with Crippen LogP contribution in [0.1, 0.15) is 45.2 Å². The number of ether oxygens (including phenoxy) is 1. The molecule has 134 valence electrons. The van der Waals surface area contributed by atoms with E-state index in [0.29, 0.717) is 19.4 Å². The Morgan fingerprint density at radius 3 is 2.25 bits per heavy atom. The highest BCUT2D eigenvalue weighted by Crippen LogP contribution is 2.29. The van der Waals surface area contributed by atoms with Gasteiger partial charge in [-0.15, -0.1) is 0 Å². The number of benzene rings is 1. The number of likely N-dealkylation sites (tertiary alicyclic amines) is 1. The van der Waals surface area contributed by atoms with E-state index in [1.807, 2.05) is 51.1 Å². The van der Waals surface area contributed by atoms with Gasteiger partial charge in [0.05, 0.1) is 0 Å². The Labute approximate surface area is 146 Å². The molecule has 0 unspecified atom stereocenters. The van der Waals surface area contributed by atoms with Gasteiger partial charge in [-0.1, -0.05) is 30.3 Å². The molecule has 1 aromatic carbocycles. The van der Waals surface area contributed by atoms with E-state index in [9.17, 15) is 13.8 Å². The number of ketones is 1. The minimum absolute atomic E-state index is 0.0771.